The highest BCUT2D eigenvalue weighted by Crippen LogP contribution is 2.22. The van der Waals surface area contributed by atoms with Gasteiger partial charge in [0.1, 0.15) is 11.2 Å². The van der Waals surface area contributed by atoms with Crippen molar-refractivity contribution in [3.8, 4) is 0 Å². The van der Waals surface area contributed by atoms with Crippen LogP contribution in [0, 0.1) is 0 Å². The number of anilines is 1. The van der Waals surface area contributed by atoms with Crippen molar-refractivity contribution in [3.63, 3.8) is 0 Å². The molecule has 1 aliphatic rings. The van der Waals surface area contributed by atoms with Crippen LogP contribution in [0.15, 0.2) is 6.20 Å². The lowest BCUT2D eigenvalue weighted by atomic mass is 9.98. The number of hydrogen-bond acceptors (Lipinski definition) is 4. The molecule has 0 radical (unpaired) electrons. The van der Waals surface area contributed by atoms with Gasteiger partial charge in [-0.3, -0.25) is 14.3 Å². The summed E-state index contributed by atoms with van der Waals surface area (Å²) in [5.74, 6) is -0.435. The van der Waals surface area contributed by atoms with Crippen LogP contribution < -0.4 is 11.1 Å². The molecule has 0 saturated carbocycles. The van der Waals surface area contributed by atoms with Gasteiger partial charge in [0, 0.05) is 20.1 Å². The van der Waals surface area contributed by atoms with Crippen LogP contribution in [0.3, 0.4) is 0 Å². The number of aryl methyl sites for hydroxylation is 1. The van der Waals surface area contributed by atoms with Gasteiger partial charge in [0.2, 0.25) is 5.91 Å². The SMILES string of the molecule is Cn1ncc(N)c1C(=O)N1CCNC(=O)C1(C)C. The highest BCUT2D eigenvalue weighted by molar-refractivity contribution is 6.01. The lowest BCUT2D eigenvalue weighted by molar-refractivity contribution is -0.133. The number of carbonyl (C=O) groups excluding carboxylic acids is 2. The summed E-state index contributed by atoms with van der Waals surface area (Å²) in [6, 6.07) is 0. The summed E-state index contributed by atoms with van der Waals surface area (Å²) < 4.78 is 1.43. The first-order chi connectivity index (χ1) is 8.35. The van der Waals surface area contributed by atoms with Gasteiger partial charge in [0.05, 0.1) is 11.9 Å². The first-order valence-corrected chi connectivity index (χ1v) is 5.73. The average Bonchev–Trinajstić information content (AvgIpc) is 2.62. The quantitative estimate of drug-likeness (QED) is 0.693. The Hall–Kier alpha value is -2.05. The fraction of sp³-hybridized carbons (Fsp3) is 0.545. The second-order valence-electron chi connectivity index (χ2n) is 4.84. The number of amides is 2. The van der Waals surface area contributed by atoms with Crippen LogP contribution in [-0.4, -0.2) is 45.1 Å². The third-order valence-electron chi connectivity index (χ3n) is 3.27. The van der Waals surface area contributed by atoms with Crippen molar-refractivity contribution in [2.24, 2.45) is 7.05 Å². The number of nitrogens with zero attached hydrogens (tertiary/aromatic N) is 3. The molecule has 0 atom stereocenters. The number of aromatic nitrogens is 2. The van der Waals surface area contributed by atoms with E-state index in [1.54, 1.807) is 20.9 Å². The molecule has 0 spiro atoms. The Balaban J connectivity index is 2.37. The van der Waals surface area contributed by atoms with Crippen molar-refractivity contribution < 1.29 is 9.59 Å². The predicted octanol–water partition coefficient (Wildman–Crippen LogP) is -0.647. The Kier molecular flexibility index (Phi) is 2.76. The van der Waals surface area contributed by atoms with Gasteiger partial charge in [-0.15, -0.1) is 0 Å². The van der Waals surface area contributed by atoms with Crippen molar-refractivity contribution in [1.82, 2.24) is 20.0 Å². The van der Waals surface area contributed by atoms with E-state index in [0.717, 1.165) is 0 Å². The van der Waals surface area contributed by atoms with E-state index in [1.165, 1.54) is 15.8 Å². The maximum absolute atomic E-state index is 12.5. The minimum atomic E-state index is -0.883. The molecule has 1 aliphatic heterocycles. The van der Waals surface area contributed by atoms with Crippen LogP contribution in [0.25, 0.3) is 0 Å². The standard InChI is InChI=1S/C11H17N5O2/c1-11(2)10(18)13-4-5-16(11)9(17)8-7(12)6-14-15(8)3/h6H,4-5,12H2,1-3H3,(H,13,18). The molecule has 0 unspecified atom stereocenters. The largest absolute Gasteiger partial charge is 0.396 e. The number of hydrogen-bond donors (Lipinski definition) is 2. The molecule has 0 bridgehead atoms. The van der Waals surface area contributed by atoms with E-state index in [9.17, 15) is 9.59 Å². The topological polar surface area (TPSA) is 93.2 Å². The molecule has 1 aromatic rings. The van der Waals surface area contributed by atoms with Crippen LogP contribution in [0.5, 0.6) is 0 Å². The van der Waals surface area contributed by atoms with Crippen LogP contribution in [0.2, 0.25) is 0 Å². The minimum absolute atomic E-state index is 0.164. The minimum Gasteiger partial charge on any atom is -0.396 e. The summed E-state index contributed by atoms with van der Waals surface area (Å²) in [6.45, 7) is 4.34. The van der Waals surface area contributed by atoms with Gasteiger partial charge in [-0.25, -0.2) is 0 Å². The second kappa shape index (κ2) is 4.01. The zero-order valence-corrected chi connectivity index (χ0v) is 10.7. The Morgan fingerprint density at radius 3 is 2.78 bits per heavy atom. The van der Waals surface area contributed by atoms with Gasteiger partial charge in [0.15, 0.2) is 0 Å². The average molecular weight is 251 g/mol. The summed E-state index contributed by atoms with van der Waals surface area (Å²) in [5.41, 5.74) is 5.50. The van der Waals surface area contributed by atoms with Crippen LogP contribution in [0.1, 0.15) is 24.3 Å². The highest BCUT2D eigenvalue weighted by Gasteiger charge is 2.41. The highest BCUT2D eigenvalue weighted by atomic mass is 16.2. The van der Waals surface area contributed by atoms with Gasteiger partial charge in [-0.1, -0.05) is 0 Å². The van der Waals surface area contributed by atoms with Crippen LogP contribution in [0.4, 0.5) is 5.69 Å². The molecule has 7 heteroatoms. The van der Waals surface area contributed by atoms with E-state index in [1.807, 2.05) is 0 Å². The van der Waals surface area contributed by atoms with Crippen LogP contribution in [-0.2, 0) is 11.8 Å². The summed E-state index contributed by atoms with van der Waals surface area (Å²) >= 11 is 0. The van der Waals surface area contributed by atoms with Gasteiger partial charge in [-0.2, -0.15) is 5.10 Å². The lowest BCUT2D eigenvalue weighted by Gasteiger charge is -2.41. The number of carbonyl (C=O) groups is 2. The number of rotatable bonds is 1. The molecular weight excluding hydrogens is 234 g/mol. The number of nitrogens with one attached hydrogen (secondary N) is 1. The molecule has 1 saturated heterocycles. The normalized spacial score (nSPS) is 18.6. The number of piperazine rings is 1. The monoisotopic (exact) mass is 251 g/mol. The molecule has 0 aliphatic carbocycles. The van der Waals surface area contributed by atoms with Crippen molar-refractivity contribution in [3.05, 3.63) is 11.9 Å². The number of nitrogens with two attached hydrogens (primary N) is 1. The second-order valence-corrected chi connectivity index (χ2v) is 4.84. The summed E-state index contributed by atoms with van der Waals surface area (Å²) in [7, 11) is 1.65. The van der Waals surface area contributed by atoms with Gasteiger partial charge >= 0.3 is 0 Å². The Labute approximate surface area is 105 Å². The van der Waals surface area contributed by atoms with Gasteiger partial charge in [0.25, 0.3) is 5.91 Å². The molecule has 0 aromatic carbocycles. The zero-order valence-electron chi connectivity index (χ0n) is 10.7. The molecule has 18 heavy (non-hydrogen) atoms. The maximum atomic E-state index is 12.5. The van der Waals surface area contributed by atoms with Crippen molar-refractivity contribution in [2.45, 2.75) is 19.4 Å². The van der Waals surface area contributed by atoms with Crippen molar-refractivity contribution >= 4 is 17.5 Å². The van der Waals surface area contributed by atoms with Gasteiger partial charge < -0.3 is 16.0 Å². The number of nitrogen functional groups attached to an aromatic ring is 1. The van der Waals surface area contributed by atoms with E-state index in [-0.39, 0.29) is 11.8 Å². The first-order valence-electron chi connectivity index (χ1n) is 5.73. The molecule has 98 valence electrons. The van der Waals surface area contributed by atoms with Crippen molar-refractivity contribution in [1.29, 1.82) is 0 Å². The third-order valence-corrected chi connectivity index (χ3v) is 3.27. The Bertz CT molecular complexity index is 486. The first kappa shape index (κ1) is 12.4. The van der Waals surface area contributed by atoms with Crippen molar-refractivity contribution in [2.75, 3.05) is 18.8 Å². The molecule has 7 nitrogen and oxygen atoms in total. The van der Waals surface area contributed by atoms with E-state index >= 15 is 0 Å². The molecule has 1 aromatic heterocycles. The van der Waals surface area contributed by atoms with Crippen LogP contribution >= 0.6 is 0 Å². The predicted molar refractivity (Wildman–Crippen MR) is 65.7 cm³/mol. The molecule has 2 heterocycles. The summed E-state index contributed by atoms with van der Waals surface area (Å²) in [6.07, 6.45) is 1.43. The van der Waals surface area contributed by atoms with E-state index in [2.05, 4.69) is 10.4 Å². The molecule has 1 fully saturated rings. The Morgan fingerprint density at radius 1 is 1.56 bits per heavy atom. The lowest BCUT2D eigenvalue weighted by Crippen LogP contribution is -2.63. The van der Waals surface area contributed by atoms with E-state index in [4.69, 9.17) is 5.73 Å². The molecule has 2 amide bonds. The zero-order chi connectivity index (χ0) is 13.5. The fourth-order valence-corrected chi connectivity index (χ4v) is 2.10. The molecular formula is C11H17N5O2. The maximum Gasteiger partial charge on any atom is 0.275 e. The molecule has 3 N–H and O–H groups in total. The summed E-state index contributed by atoms with van der Waals surface area (Å²) in [4.78, 5) is 25.8. The summed E-state index contributed by atoms with van der Waals surface area (Å²) in [5, 5.41) is 6.69. The van der Waals surface area contributed by atoms with Gasteiger partial charge in [-0.05, 0) is 13.8 Å². The third kappa shape index (κ3) is 1.71. The Morgan fingerprint density at radius 2 is 2.22 bits per heavy atom. The van der Waals surface area contributed by atoms with E-state index in [0.29, 0.717) is 24.5 Å². The van der Waals surface area contributed by atoms with E-state index < -0.39 is 5.54 Å². The smallest absolute Gasteiger partial charge is 0.275 e. The molecule has 2 rings (SSSR count). The fourth-order valence-electron chi connectivity index (χ4n) is 2.10.